The van der Waals surface area contributed by atoms with Crippen molar-refractivity contribution in [2.45, 2.75) is 52.1 Å². The van der Waals surface area contributed by atoms with Gasteiger partial charge in [-0.05, 0) is 81.6 Å². The number of piperidine rings is 1. The fraction of sp³-hybridized carbons (Fsp3) is 0.462. The topological polar surface area (TPSA) is 95.1 Å². The first-order valence-electron chi connectivity index (χ1n) is 12.3. The Morgan fingerprint density at radius 1 is 1.13 bits per heavy atom. The molecule has 1 aromatic heterocycles. The van der Waals surface area contributed by atoms with Crippen LogP contribution in [0.15, 0.2) is 42.7 Å². The van der Waals surface area contributed by atoms with Crippen LogP contribution in [0.4, 0.5) is 29.3 Å². The summed E-state index contributed by atoms with van der Waals surface area (Å²) in [4.78, 5) is 47.6. The molecular formula is C26H30F3N5O4. The van der Waals surface area contributed by atoms with E-state index < -0.39 is 35.5 Å². The Balaban J connectivity index is 1.60. The highest BCUT2D eigenvalue weighted by Gasteiger charge is 2.52. The Morgan fingerprint density at radius 3 is 2.42 bits per heavy atom. The third kappa shape index (κ3) is 6.07. The van der Waals surface area contributed by atoms with Crippen molar-refractivity contribution >= 4 is 29.2 Å². The minimum absolute atomic E-state index is 0.00325. The van der Waals surface area contributed by atoms with Gasteiger partial charge >= 0.3 is 12.4 Å². The number of hydrogen-bond donors (Lipinski definition) is 1. The quantitative estimate of drug-likeness (QED) is 0.531. The molecule has 2 aliphatic heterocycles. The van der Waals surface area contributed by atoms with Crippen LogP contribution in [-0.4, -0.2) is 64.2 Å². The van der Waals surface area contributed by atoms with Crippen LogP contribution in [0.2, 0.25) is 0 Å². The summed E-state index contributed by atoms with van der Waals surface area (Å²) in [5.74, 6) is -1.17. The van der Waals surface area contributed by atoms with Gasteiger partial charge in [0.05, 0.1) is 17.9 Å². The van der Waals surface area contributed by atoms with E-state index in [-0.39, 0.29) is 24.5 Å². The van der Waals surface area contributed by atoms with Gasteiger partial charge in [0.2, 0.25) is 5.91 Å². The Bertz CT molecular complexity index is 1200. The first-order chi connectivity index (χ1) is 17.8. The molecule has 0 aliphatic carbocycles. The van der Waals surface area contributed by atoms with E-state index in [4.69, 9.17) is 0 Å². The van der Waals surface area contributed by atoms with Crippen molar-refractivity contribution < 1.29 is 32.3 Å². The van der Waals surface area contributed by atoms with E-state index in [0.717, 1.165) is 35.4 Å². The van der Waals surface area contributed by atoms with Gasteiger partial charge in [-0.15, -0.1) is 13.2 Å². The second-order valence-corrected chi connectivity index (χ2v) is 10.2. The van der Waals surface area contributed by atoms with Gasteiger partial charge < -0.3 is 15.0 Å². The van der Waals surface area contributed by atoms with E-state index in [1.807, 2.05) is 4.90 Å². The average molecular weight is 534 g/mol. The second kappa shape index (κ2) is 10.6. The minimum atomic E-state index is -5.01. The molecule has 2 saturated heterocycles. The molecule has 9 nitrogen and oxygen atoms in total. The fourth-order valence-electron chi connectivity index (χ4n) is 4.58. The average Bonchev–Trinajstić information content (AvgIpc) is 3.01. The van der Waals surface area contributed by atoms with Crippen LogP contribution in [0, 0.1) is 5.92 Å². The first-order valence-corrected chi connectivity index (χ1v) is 12.3. The SMILES string of the molecule is CC1CCN(CC(=O)Nc2cc(N3C(=O)N(Cc4ccncc4)C(C)(C)C3=O)ccc2OC(F)(F)F)CC1. The van der Waals surface area contributed by atoms with Crippen LogP contribution in [0.1, 0.15) is 39.2 Å². The maximum atomic E-state index is 13.4. The number of imide groups is 1. The number of hydrogen-bond acceptors (Lipinski definition) is 6. The molecule has 0 atom stereocenters. The molecule has 2 aliphatic rings. The number of rotatable bonds is 7. The van der Waals surface area contributed by atoms with Gasteiger partial charge in [0.25, 0.3) is 5.91 Å². The summed E-state index contributed by atoms with van der Waals surface area (Å²) in [6.07, 6.45) is -0.0124. The number of amides is 4. The third-order valence-corrected chi connectivity index (χ3v) is 6.88. The van der Waals surface area contributed by atoms with E-state index in [2.05, 4.69) is 22.0 Å². The Hall–Kier alpha value is -3.67. The zero-order valence-corrected chi connectivity index (χ0v) is 21.4. The third-order valence-electron chi connectivity index (χ3n) is 6.88. The number of likely N-dealkylation sites (tertiary alicyclic amines) is 1. The molecule has 0 radical (unpaired) electrons. The smallest absolute Gasteiger partial charge is 0.404 e. The summed E-state index contributed by atoms with van der Waals surface area (Å²) in [6, 6.07) is 6.12. The number of nitrogens with one attached hydrogen (secondary N) is 1. The number of ether oxygens (including phenoxy) is 1. The summed E-state index contributed by atoms with van der Waals surface area (Å²) in [5.41, 5.74) is -0.746. The molecule has 38 heavy (non-hydrogen) atoms. The highest BCUT2D eigenvalue weighted by molar-refractivity contribution is 6.23. The van der Waals surface area contributed by atoms with Gasteiger partial charge in [-0.3, -0.25) is 19.5 Å². The minimum Gasteiger partial charge on any atom is -0.404 e. The Kier molecular flexibility index (Phi) is 7.63. The molecule has 1 N–H and O–H groups in total. The maximum Gasteiger partial charge on any atom is 0.573 e. The molecule has 3 heterocycles. The summed E-state index contributed by atoms with van der Waals surface area (Å²) in [5, 5.41) is 2.48. The molecule has 0 unspecified atom stereocenters. The van der Waals surface area contributed by atoms with Crippen LogP contribution in [0.3, 0.4) is 0 Å². The fourth-order valence-corrected chi connectivity index (χ4v) is 4.58. The lowest BCUT2D eigenvalue weighted by atomic mass is 9.99. The van der Waals surface area contributed by atoms with Gasteiger partial charge in [-0.2, -0.15) is 0 Å². The van der Waals surface area contributed by atoms with Gasteiger partial charge in [0.1, 0.15) is 5.54 Å². The lowest BCUT2D eigenvalue weighted by Gasteiger charge is -2.29. The van der Waals surface area contributed by atoms with Gasteiger partial charge in [0.15, 0.2) is 5.75 Å². The summed E-state index contributed by atoms with van der Waals surface area (Å²) < 4.78 is 43.4. The maximum absolute atomic E-state index is 13.4. The van der Waals surface area contributed by atoms with E-state index in [9.17, 15) is 27.6 Å². The largest absolute Gasteiger partial charge is 0.573 e. The molecule has 12 heteroatoms. The predicted molar refractivity (Wildman–Crippen MR) is 133 cm³/mol. The van der Waals surface area contributed by atoms with Crippen molar-refractivity contribution in [2.24, 2.45) is 5.92 Å². The van der Waals surface area contributed by atoms with Crippen molar-refractivity contribution in [1.82, 2.24) is 14.8 Å². The normalized spacial score (nSPS) is 18.7. The van der Waals surface area contributed by atoms with Crippen LogP contribution in [0.5, 0.6) is 5.75 Å². The Labute approximate surface area is 218 Å². The van der Waals surface area contributed by atoms with Crippen molar-refractivity contribution in [3.8, 4) is 5.75 Å². The summed E-state index contributed by atoms with van der Waals surface area (Å²) >= 11 is 0. The highest BCUT2D eigenvalue weighted by Crippen LogP contribution is 2.38. The van der Waals surface area contributed by atoms with E-state index in [0.29, 0.717) is 19.0 Å². The lowest BCUT2D eigenvalue weighted by molar-refractivity contribution is -0.274. The predicted octanol–water partition coefficient (Wildman–Crippen LogP) is 4.40. The number of nitrogens with zero attached hydrogens (tertiary/aromatic N) is 4. The highest BCUT2D eigenvalue weighted by atomic mass is 19.4. The zero-order valence-electron chi connectivity index (χ0n) is 21.4. The van der Waals surface area contributed by atoms with Crippen molar-refractivity contribution in [1.29, 1.82) is 0 Å². The number of anilines is 2. The van der Waals surface area contributed by atoms with Crippen LogP contribution in [0.25, 0.3) is 0 Å². The molecule has 4 rings (SSSR count). The number of alkyl halides is 3. The van der Waals surface area contributed by atoms with Gasteiger partial charge in [-0.1, -0.05) is 6.92 Å². The number of halogens is 3. The van der Waals surface area contributed by atoms with Crippen LogP contribution < -0.4 is 15.0 Å². The molecule has 0 bridgehead atoms. The second-order valence-electron chi connectivity index (χ2n) is 10.2. The molecule has 2 aromatic rings. The molecule has 4 amide bonds. The zero-order chi connectivity index (χ0) is 27.7. The molecular weight excluding hydrogens is 503 g/mol. The molecule has 1 aromatic carbocycles. The van der Waals surface area contributed by atoms with Crippen LogP contribution in [-0.2, 0) is 16.1 Å². The van der Waals surface area contributed by atoms with Crippen LogP contribution >= 0.6 is 0 Å². The summed E-state index contributed by atoms with van der Waals surface area (Å²) in [6.45, 7) is 6.86. The lowest BCUT2D eigenvalue weighted by Crippen LogP contribution is -2.43. The van der Waals surface area contributed by atoms with Gasteiger partial charge in [0, 0.05) is 18.9 Å². The number of carbonyl (C=O) groups excluding carboxylic acids is 3. The Morgan fingerprint density at radius 2 is 1.79 bits per heavy atom. The first kappa shape index (κ1) is 27.4. The number of pyridine rings is 1. The van der Waals surface area contributed by atoms with Crippen molar-refractivity contribution in [3.05, 3.63) is 48.3 Å². The summed E-state index contributed by atoms with van der Waals surface area (Å²) in [7, 11) is 0. The number of urea groups is 1. The van der Waals surface area contributed by atoms with Gasteiger partial charge in [-0.25, -0.2) is 9.69 Å². The van der Waals surface area contributed by atoms with E-state index in [1.165, 1.54) is 11.0 Å². The van der Waals surface area contributed by atoms with E-state index >= 15 is 0 Å². The monoisotopic (exact) mass is 533 g/mol. The standard InChI is InChI=1S/C26H30F3N5O4/c1-17-8-12-32(13-9-17)16-22(35)31-20-14-19(4-5-21(20)38-26(27,28)29)34-23(36)25(2,3)33(24(34)37)15-18-6-10-30-11-7-18/h4-7,10-11,14,17H,8-9,12-13,15-16H2,1-3H3,(H,31,35). The molecule has 2 fully saturated rings. The molecule has 0 spiro atoms. The molecule has 204 valence electrons. The number of carbonyl (C=O) groups is 3. The molecule has 0 saturated carbocycles. The van der Waals surface area contributed by atoms with Crippen molar-refractivity contribution in [2.75, 3.05) is 29.9 Å². The number of benzene rings is 1. The number of aromatic nitrogens is 1. The van der Waals surface area contributed by atoms with Crippen molar-refractivity contribution in [3.63, 3.8) is 0 Å². The van der Waals surface area contributed by atoms with E-state index in [1.54, 1.807) is 38.4 Å².